The number of carboxylic acids is 1. The Morgan fingerprint density at radius 1 is 1.25 bits per heavy atom. The van der Waals surface area contributed by atoms with Gasteiger partial charge in [-0.25, -0.2) is 9.18 Å². The Labute approximate surface area is 87.8 Å². The number of carbonyl (C=O) groups is 1. The maximum Gasteiger partial charge on any atom is 0.417 e. The van der Waals surface area contributed by atoms with Crippen LogP contribution in [-0.2, 0) is 11.0 Å². The van der Waals surface area contributed by atoms with Crippen LogP contribution in [0.3, 0.4) is 0 Å². The lowest BCUT2D eigenvalue weighted by Crippen LogP contribution is -2.11. The molecule has 0 saturated heterocycles. The van der Waals surface area contributed by atoms with E-state index in [0.29, 0.717) is 6.07 Å². The summed E-state index contributed by atoms with van der Waals surface area (Å²) >= 11 is 0. The predicted molar refractivity (Wildman–Crippen MR) is 48.2 cm³/mol. The van der Waals surface area contributed by atoms with Crippen molar-refractivity contribution in [1.82, 2.24) is 0 Å². The molecule has 0 unspecified atom stereocenters. The minimum Gasteiger partial charge on any atom is -0.478 e. The molecule has 0 aliphatic rings. The van der Waals surface area contributed by atoms with Crippen molar-refractivity contribution in [1.29, 1.82) is 0 Å². The summed E-state index contributed by atoms with van der Waals surface area (Å²) in [6, 6.07) is 3.91. The molecular formula is C10H6F4O2. The highest BCUT2D eigenvalue weighted by atomic mass is 19.4. The number of alkyl halides is 3. The molecule has 1 aromatic carbocycles. The molecule has 16 heavy (non-hydrogen) atoms. The van der Waals surface area contributed by atoms with Crippen LogP contribution in [0.25, 0.3) is 5.57 Å². The molecule has 0 bridgehead atoms. The zero-order valence-electron chi connectivity index (χ0n) is 7.75. The zero-order valence-corrected chi connectivity index (χ0v) is 7.75. The second kappa shape index (κ2) is 4.34. The van der Waals surface area contributed by atoms with Gasteiger partial charge in [0.15, 0.2) is 0 Å². The van der Waals surface area contributed by atoms with E-state index in [4.69, 9.17) is 5.11 Å². The Bertz CT molecular complexity index is 435. The van der Waals surface area contributed by atoms with Crippen LogP contribution in [0.1, 0.15) is 11.1 Å². The fourth-order valence-corrected chi connectivity index (χ4v) is 1.19. The lowest BCUT2D eigenvalue weighted by atomic mass is 10.0. The maximum atomic E-state index is 12.5. The average molecular weight is 234 g/mol. The lowest BCUT2D eigenvalue weighted by Gasteiger charge is -2.11. The lowest BCUT2D eigenvalue weighted by molar-refractivity contribution is -0.137. The molecule has 0 fully saturated rings. The first kappa shape index (κ1) is 12.2. The van der Waals surface area contributed by atoms with Gasteiger partial charge in [0.1, 0.15) is 6.33 Å². The van der Waals surface area contributed by atoms with Crippen molar-refractivity contribution in [2.45, 2.75) is 6.18 Å². The summed E-state index contributed by atoms with van der Waals surface area (Å²) < 4.78 is 49.6. The Kier molecular flexibility index (Phi) is 3.31. The van der Waals surface area contributed by atoms with E-state index in [-0.39, 0.29) is 6.33 Å². The number of rotatable bonds is 2. The van der Waals surface area contributed by atoms with E-state index >= 15 is 0 Å². The Morgan fingerprint density at radius 3 is 2.25 bits per heavy atom. The molecule has 1 aromatic rings. The number of hydrogen-bond donors (Lipinski definition) is 1. The summed E-state index contributed by atoms with van der Waals surface area (Å²) in [5, 5.41) is 8.54. The minimum atomic E-state index is -4.72. The van der Waals surface area contributed by atoms with Gasteiger partial charge in [0.05, 0.1) is 11.1 Å². The van der Waals surface area contributed by atoms with Crippen LogP contribution in [0.4, 0.5) is 17.6 Å². The van der Waals surface area contributed by atoms with Crippen molar-refractivity contribution in [3.05, 3.63) is 41.7 Å². The van der Waals surface area contributed by atoms with Crippen molar-refractivity contribution in [3.8, 4) is 0 Å². The van der Waals surface area contributed by atoms with E-state index in [1.807, 2.05) is 0 Å². The molecule has 0 amide bonds. The largest absolute Gasteiger partial charge is 0.478 e. The summed E-state index contributed by atoms with van der Waals surface area (Å²) in [5.41, 5.74) is -2.89. The van der Waals surface area contributed by atoms with Gasteiger partial charge in [-0.15, -0.1) is 0 Å². The average Bonchev–Trinajstić information content (AvgIpc) is 2.17. The number of hydrogen-bond acceptors (Lipinski definition) is 1. The molecule has 0 aliphatic heterocycles. The molecule has 0 radical (unpaired) electrons. The third-order valence-electron chi connectivity index (χ3n) is 1.86. The smallest absolute Gasteiger partial charge is 0.417 e. The SMILES string of the molecule is O=C(O)C(=CF)c1ccccc1C(F)(F)F. The fraction of sp³-hybridized carbons (Fsp3) is 0.100. The van der Waals surface area contributed by atoms with Crippen LogP contribution in [0.15, 0.2) is 30.6 Å². The molecule has 0 saturated carbocycles. The molecule has 0 heterocycles. The van der Waals surface area contributed by atoms with Gasteiger partial charge in [0.2, 0.25) is 0 Å². The number of benzene rings is 1. The standard InChI is InChI=1S/C10H6F4O2/c11-5-7(9(15)16)6-3-1-2-4-8(6)10(12,13)14/h1-5H,(H,15,16). The molecule has 0 atom stereocenters. The predicted octanol–water partition coefficient (Wildman–Crippen LogP) is 3.10. The van der Waals surface area contributed by atoms with Gasteiger partial charge in [0.25, 0.3) is 0 Å². The van der Waals surface area contributed by atoms with E-state index in [0.717, 1.165) is 12.1 Å². The highest BCUT2D eigenvalue weighted by Crippen LogP contribution is 2.34. The van der Waals surface area contributed by atoms with Crippen LogP contribution in [0, 0.1) is 0 Å². The van der Waals surface area contributed by atoms with Crippen LogP contribution in [0.5, 0.6) is 0 Å². The van der Waals surface area contributed by atoms with Crippen molar-refractivity contribution in [2.24, 2.45) is 0 Å². The third kappa shape index (κ3) is 2.39. The molecule has 1 N–H and O–H groups in total. The van der Waals surface area contributed by atoms with Crippen molar-refractivity contribution in [3.63, 3.8) is 0 Å². The fourth-order valence-electron chi connectivity index (χ4n) is 1.19. The van der Waals surface area contributed by atoms with E-state index < -0.39 is 28.8 Å². The summed E-state index contributed by atoms with van der Waals surface area (Å²) in [4.78, 5) is 10.5. The van der Waals surface area contributed by atoms with Gasteiger partial charge in [-0.1, -0.05) is 18.2 Å². The molecule has 1 rings (SSSR count). The maximum absolute atomic E-state index is 12.5. The number of halogens is 4. The van der Waals surface area contributed by atoms with Gasteiger partial charge < -0.3 is 5.11 Å². The zero-order chi connectivity index (χ0) is 12.3. The number of aliphatic carboxylic acids is 1. The van der Waals surface area contributed by atoms with Crippen LogP contribution < -0.4 is 0 Å². The Hall–Kier alpha value is -1.85. The topological polar surface area (TPSA) is 37.3 Å². The number of carboxylic acid groups (broad SMARTS) is 1. The van der Waals surface area contributed by atoms with Crippen molar-refractivity contribution >= 4 is 11.5 Å². The quantitative estimate of drug-likeness (QED) is 0.630. The monoisotopic (exact) mass is 234 g/mol. The Balaban J connectivity index is 3.40. The molecule has 0 spiro atoms. The van der Waals surface area contributed by atoms with E-state index in [1.54, 1.807) is 0 Å². The van der Waals surface area contributed by atoms with E-state index in [9.17, 15) is 22.4 Å². The molecule has 2 nitrogen and oxygen atoms in total. The third-order valence-corrected chi connectivity index (χ3v) is 1.86. The highest BCUT2D eigenvalue weighted by Gasteiger charge is 2.34. The molecule has 0 aromatic heterocycles. The van der Waals surface area contributed by atoms with Crippen molar-refractivity contribution in [2.75, 3.05) is 0 Å². The molecule has 0 aliphatic carbocycles. The summed E-state index contributed by atoms with van der Waals surface area (Å²) in [6.07, 6.45) is -5.08. The van der Waals surface area contributed by atoms with Crippen molar-refractivity contribution < 1.29 is 27.5 Å². The summed E-state index contributed by atoms with van der Waals surface area (Å²) in [6.45, 7) is 0. The van der Waals surface area contributed by atoms with Gasteiger partial charge in [-0.05, 0) is 6.07 Å². The van der Waals surface area contributed by atoms with Gasteiger partial charge in [-0.2, -0.15) is 13.2 Å². The minimum absolute atomic E-state index is 0.354. The molecule has 86 valence electrons. The van der Waals surface area contributed by atoms with Gasteiger partial charge >= 0.3 is 12.1 Å². The first-order valence-corrected chi connectivity index (χ1v) is 4.08. The van der Waals surface area contributed by atoms with Crippen LogP contribution in [0.2, 0.25) is 0 Å². The highest BCUT2D eigenvalue weighted by molar-refractivity contribution is 6.15. The second-order valence-corrected chi connectivity index (χ2v) is 2.87. The van der Waals surface area contributed by atoms with Gasteiger partial charge in [0, 0.05) is 5.56 Å². The summed E-state index contributed by atoms with van der Waals surface area (Å²) in [5.74, 6) is -1.75. The van der Waals surface area contributed by atoms with E-state index in [1.165, 1.54) is 6.07 Å². The van der Waals surface area contributed by atoms with E-state index in [2.05, 4.69) is 0 Å². The molecular weight excluding hydrogens is 228 g/mol. The first-order valence-electron chi connectivity index (χ1n) is 4.08. The van der Waals surface area contributed by atoms with Crippen LogP contribution in [-0.4, -0.2) is 11.1 Å². The second-order valence-electron chi connectivity index (χ2n) is 2.87. The summed E-state index contributed by atoms with van der Waals surface area (Å²) in [7, 11) is 0. The Morgan fingerprint density at radius 2 is 1.81 bits per heavy atom. The first-order chi connectivity index (χ1) is 7.38. The molecule has 6 heteroatoms. The normalized spacial score (nSPS) is 12.6. The van der Waals surface area contributed by atoms with Crippen LogP contribution >= 0.6 is 0 Å². The van der Waals surface area contributed by atoms with Gasteiger partial charge in [-0.3, -0.25) is 0 Å².